The van der Waals surface area contributed by atoms with E-state index in [-0.39, 0.29) is 6.42 Å². The molecule has 7 heteroatoms. The van der Waals surface area contributed by atoms with Crippen LogP contribution in [0.25, 0.3) is 10.9 Å². The number of halogens is 1. The van der Waals surface area contributed by atoms with Crippen molar-refractivity contribution in [2.45, 2.75) is 75.6 Å². The Hall–Kier alpha value is -1.86. The number of hydrogen-bond donors (Lipinski definition) is 1. The molecular formula is C29H41FN2O3S. The topological polar surface area (TPSA) is 62.7 Å². The molecule has 0 bridgehead atoms. The Kier molecular flexibility index (Phi) is 10.3. The van der Waals surface area contributed by atoms with Crippen molar-refractivity contribution in [3.8, 4) is 5.75 Å². The Morgan fingerprint density at radius 3 is 2.83 bits per heavy atom. The zero-order valence-corrected chi connectivity index (χ0v) is 22.4. The highest BCUT2D eigenvalue weighted by Gasteiger charge is 2.30. The van der Waals surface area contributed by atoms with E-state index in [4.69, 9.17) is 4.74 Å². The number of ether oxygens (including phenoxy) is 1. The molecule has 2 aromatic rings. The molecule has 36 heavy (non-hydrogen) atoms. The molecule has 1 aliphatic heterocycles. The number of fused-ring (bicyclic) bond motifs is 1. The number of carboxylic acid groups (broad SMARTS) is 1. The predicted molar refractivity (Wildman–Crippen MR) is 146 cm³/mol. The molecule has 1 aromatic carbocycles. The average Bonchev–Trinajstić information content (AvgIpc) is 3.42. The normalized spacial score (nSPS) is 22.2. The number of carboxylic acids is 1. The van der Waals surface area contributed by atoms with Crippen LogP contribution in [0.3, 0.4) is 0 Å². The van der Waals surface area contributed by atoms with Crippen LogP contribution in [0, 0.1) is 11.8 Å². The maximum atomic E-state index is 15.5. The minimum Gasteiger partial charge on any atom is -0.497 e. The maximum Gasteiger partial charge on any atom is 0.303 e. The van der Waals surface area contributed by atoms with Crippen molar-refractivity contribution in [3.63, 3.8) is 0 Å². The second-order valence-corrected chi connectivity index (χ2v) is 11.9. The van der Waals surface area contributed by atoms with E-state index in [1.54, 1.807) is 19.4 Å². The number of alkyl halides is 1. The number of nitrogens with zero attached hydrogens (tertiary/aromatic N) is 2. The molecule has 1 N–H and O–H groups in total. The van der Waals surface area contributed by atoms with Crippen molar-refractivity contribution in [1.82, 2.24) is 9.88 Å². The Labute approximate surface area is 219 Å². The lowest BCUT2D eigenvalue weighted by Crippen LogP contribution is -2.41. The fourth-order valence-corrected chi connectivity index (χ4v) is 7.33. The van der Waals surface area contributed by atoms with Gasteiger partial charge < -0.3 is 14.7 Å². The number of methoxy groups -OCH3 is 1. The first kappa shape index (κ1) is 27.2. The number of likely N-dealkylation sites (tertiary alicyclic amines) is 1. The Morgan fingerprint density at radius 2 is 2.06 bits per heavy atom. The number of aliphatic carboxylic acids is 1. The molecular weight excluding hydrogens is 475 g/mol. The third-order valence-electron chi connectivity index (χ3n) is 8.09. The zero-order valence-electron chi connectivity index (χ0n) is 21.5. The van der Waals surface area contributed by atoms with Crippen molar-refractivity contribution in [1.29, 1.82) is 0 Å². The molecule has 2 heterocycles. The van der Waals surface area contributed by atoms with Crippen LogP contribution in [0.1, 0.15) is 75.9 Å². The summed E-state index contributed by atoms with van der Waals surface area (Å²) in [5.74, 6) is 1.87. The lowest BCUT2D eigenvalue weighted by Gasteiger charge is -2.39. The van der Waals surface area contributed by atoms with E-state index < -0.39 is 12.1 Å². The average molecular weight is 517 g/mol. The third kappa shape index (κ3) is 7.58. The largest absolute Gasteiger partial charge is 0.497 e. The van der Waals surface area contributed by atoms with Gasteiger partial charge in [-0.3, -0.25) is 9.78 Å². The number of hydrogen-bond acceptors (Lipinski definition) is 5. The van der Waals surface area contributed by atoms with E-state index in [9.17, 15) is 9.90 Å². The van der Waals surface area contributed by atoms with Gasteiger partial charge in [0.1, 0.15) is 11.9 Å². The van der Waals surface area contributed by atoms with Gasteiger partial charge in [0, 0.05) is 29.8 Å². The highest BCUT2D eigenvalue weighted by molar-refractivity contribution is 7.99. The first-order valence-corrected chi connectivity index (χ1v) is 14.7. The van der Waals surface area contributed by atoms with Crippen LogP contribution in [0.4, 0.5) is 4.39 Å². The molecule has 2 fully saturated rings. The number of pyridine rings is 1. The first-order valence-electron chi connectivity index (χ1n) is 13.7. The quantitative estimate of drug-likeness (QED) is 0.292. The molecule has 0 amide bonds. The maximum absolute atomic E-state index is 15.5. The summed E-state index contributed by atoms with van der Waals surface area (Å²) in [7, 11) is 1.61. The second kappa shape index (κ2) is 13.6. The summed E-state index contributed by atoms with van der Waals surface area (Å²) in [6, 6.07) is 7.36. The summed E-state index contributed by atoms with van der Waals surface area (Å²) in [6.45, 7) is 3.07. The van der Waals surface area contributed by atoms with Crippen LogP contribution >= 0.6 is 11.8 Å². The lowest BCUT2D eigenvalue weighted by atomic mass is 9.79. The second-order valence-electron chi connectivity index (χ2n) is 10.5. The minimum absolute atomic E-state index is 0.195. The van der Waals surface area contributed by atoms with Crippen molar-refractivity contribution < 1.29 is 19.0 Å². The van der Waals surface area contributed by atoms with Gasteiger partial charge in [-0.15, -0.1) is 0 Å². The van der Waals surface area contributed by atoms with Gasteiger partial charge in [0.2, 0.25) is 0 Å². The number of rotatable bonds is 13. The molecule has 198 valence electrons. The third-order valence-corrected chi connectivity index (χ3v) is 9.56. The molecule has 4 rings (SSSR count). The first-order chi connectivity index (χ1) is 17.5. The van der Waals surface area contributed by atoms with E-state index in [1.807, 2.05) is 18.2 Å². The van der Waals surface area contributed by atoms with E-state index in [1.165, 1.54) is 37.9 Å². The van der Waals surface area contributed by atoms with Crippen molar-refractivity contribution >= 4 is 28.6 Å². The molecule has 2 aliphatic rings. The van der Waals surface area contributed by atoms with Gasteiger partial charge in [-0.05, 0) is 105 Å². The highest BCUT2D eigenvalue weighted by Crippen LogP contribution is 2.37. The monoisotopic (exact) mass is 516 g/mol. The van der Waals surface area contributed by atoms with Gasteiger partial charge in [-0.2, -0.15) is 11.8 Å². The van der Waals surface area contributed by atoms with Gasteiger partial charge >= 0.3 is 5.97 Å². The molecule has 1 saturated heterocycles. The summed E-state index contributed by atoms with van der Waals surface area (Å²) in [5, 5.41) is 11.0. The molecule has 5 nitrogen and oxygen atoms in total. The van der Waals surface area contributed by atoms with Gasteiger partial charge in [0.15, 0.2) is 0 Å². The summed E-state index contributed by atoms with van der Waals surface area (Å²) in [6.07, 6.45) is 10.5. The Bertz CT molecular complexity index is 984. The van der Waals surface area contributed by atoms with E-state index in [0.29, 0.717) is 36.0 Å². The van der Waals surface area contributed by atoms with E-state index >= 15 is 4.39 Å². The van der Waals surface area contributed by atoms with Crippen LogP contribution in [0.15, 0.2) is 30.5 Å². The number of piperidine rings is 1. The van der Waals surface area contributed by atoms with Gasteiger partial charge in [-0.25, -0.2) is 4.39 Å². The van der Waals surface area contributed by atoms with Gasteiger partial charge in [0.05, 0.1) is 12.6 Å². The van der Waals surface area contributed by atoms with E-state index in [0.717, 1.165) is 48.6 Å². The molecule has 1 aromatic heterocycles. The summed E-state index contributed by atoms with van der Waals surface area (Å²) >= 11 is 2.14. The summed E-state index contributed by atoms with van der Waals surface area (Å²) in [4.78, 5) is 18.2. The predicted octanol–water partition coefficient (Wildman–Crippen LogP) is 6.90. The zero-order chi connectivity index (χ0) is 25.3. The standard InChI is InChI=1S/C29H41FN2O3S/c1-35-23-9-11-28-26(19-23)25(13-15-31-28)27(30)10-7-21-14-17-32(20-22(21)8-12-29(33)34)16-4-18-36-24-5-2-3-6-24/h9,11,13,15,19,21-22,24,27H,2-8,10,12,14,16-18,20H2,1H3,(H,33,34)/t21-,22+,27?/m1/s1. The van der Waals surface area contributed by atoms with Crippen LogP contribution in [-0.2, 0) is 4.79 Å². The number of thioether (sulfide) groups is 1. The van der Waals surface area contributed by atoms with Gasteiger partial charge in [-0.1, -0.05) is 12.8 Å². The molecule has 0 spiro atoms. The molecule has 1 aliphatic carbocycles. The lowest BCUT2D eigenvalue weighted by molar-refractivity contribution is -0.137. The van der Waals surface area contributed by atoms with Crippen molar-refractivity contribution in [2.75, 3.05) is 32.5 Å². The fraction of sp³-hybridized carbons (Fsp3) is 0.655. The smallest absolute Gasteiger partial charge is 0.303 e. The van der Waals surface area contributed by atoms with Gasteiger partial charge in [0.25, 0.3) is 0 Å². The summed E-state index contributed by atoms with van der Waals surface area (Å²) in [5.41, 5.74) is 1.44. The molecule has 3 atom stereocenters. The highest BCUT2D eigenvalue weighted by atomic mass is 32.2. The Morgan fingerprint density at radius 1 is 1.22 bits per heavy atom. The minimum atomic E-state index is -1.08. The number of benzene rings is 1. The molecule has 1 saturated carbocycles. The summed E-state index contributed by atoms with van der Waals surface area (Å²) < 4.78 is 20.9. The fourth-order valence-electron chi connectivity index (χ4n) is 6.03. The number of carbonyl (C=O) groups is 1. The van der Waals surface area contributed by atoms with Crippen molar-refractivity contribution in [3.05, 3.63) is 36.0 Å². The number of aromatic nitrogens is 1. The molecule has 0 radical (unpaired) electrons. The van der Waals surface area contributed by atoms with Crippen LogP contribution in [0.5, 0.6) is 5.75 Å². The SMILES string of the molecule is COc1ccc2nccc(C(F)CC[C@@H]3CCN(CCCSC4CCCC4)C[C@@H]3CCC(=O)O)c2c1. The van der Waals surface area contributed by atoms with Crippen molar-refractivity contribution in [2.24, 2.45) is 11.8 Å². The van der Waals surface area contributed by atoms with Crippen LogP contribution in [-0.4, -0.2) is 58.7 Å². The Balaban J connectivity index is 1.31. The van der Waals surface area contributed by atoms with E-state index in [2.05, 4.69) is 21.6 Å². The van der Waals surface area contributed by atoms with Crippen LogP contribution in [0.2, 0.25) is 0 Å². The molecule has 1 unspecified atom stereocenters. The van der Waals surface area contributed by atoms with Crippen LogP contribution < -0.4 is 4.74 Å².